The average molecular weight is 449 g/mol. The van der Waals surface area contributed by atoms with Gasteiger partial charge in [-0.1, -0.05) is 33.6 Å². The van der Waals surface area contributed by atoms with Crippen molar-refractivity contribution in [3.8, 4) is 0 Å². The third-order valence-electron chi connectivity index (χ3n) is 11.3. The maximum atomic E-state index is 12.6. The van der Waals surface area contributed by atoms with E-state index in [1.807, 2.05) is 0 Å². The van der Waals surface area contributed by atoms with Gasteiger partial charge in [-0.3, -0.25) is 0 Å². The maximum Gasteiger partial charge on any atom is 0.174 e. The van der Waals surface area contributed by atoms with Crippen LogP contribution < -0.4 is 0 Å². The van der Waals surface area contributed by atoms with E-state index in [4.69, 9.17) is 18.9 Å². The predicted octanol–water partition coefficient (Wildman–Crippen LogP) is 5.05. The summed E-state index contributed by atoms with van der Waals surface area (Å²) in [4.78, 5) is 0. The van der Waals surface area contributed by atoms with Gasteiger partial charge in [-0.15, -0.1) is 0 Å². The van der Waals surface area contributed by atoms with E-state index in [1.165, 1.54) is 19.3 Å². The number of hydrogen-bond donors (Lipinski definition) is 1. The lowest BCUT2D eigenvalue weighted by Crippen LogP contribution is -2.67. The molecule has 1 N–H and O–H groups in total. The molecule has 4 aliphatic carbocycles. The van der Waals surface area contributed by atoms with Crippen LogP contribution in [0.3, 0.4) is 0 Å². The molecule has 5 nitrogen and oxygen atoms in total. The van der Waals surface area contributed by atoms with E-state index in [9.17, 15) is 5.11 Å². The topological polar surface area (TPSA) is 57.2 Å². The Labute approximate surface area is 193 Å². The Bertz CT molecular complexity index is 728. The van der Waals surface area contributed by atoms with Crippen LogP contribution in [0.15, 0.2) is 0 Å². The molecule has 2 heterocycles. The van der Waals surface area contributed by atoms with E-state index in [-0.39, 0.29) is 16.6 Å². The summed E-state index contributed by atoms with van der Waals surface area (Å²) in [6, 6.07) is 0. The van der Waals surface area contributed by atoms with Gasteiger partial charge in [-0.2, -0.15) is 0 Å². The first-order valence-corrected chi connectivity index (χ1v) is 13.6. The molecule has 2 saturated heterocycles. The molecule has 0 aromatic rings. The van der Waals surface area contributed by atoms with Gasteiger partial charge in [0.15, 0.2) is 11.6 Å². The van der Waals surface area contributed by atoms with Crippen molar-refractivity contribution < 1.29 is 24.1 Å². The van der Waals surface area contributed by atoms with E-state index in [2.05, 4.69) is 20.8 Å². The molecule has 32 heavy (non-hydrogen) atoms. The van der Waals surface area contributed by atoms with Gasteiger partial charge in [-0.05, 0) is 67.6 Å². The second-order valence-electron chi connectivity index (χ2n) is 12.6. The van der Waals surface area contributed by atoms with E-state index in [1.54, 1.807) is 0 Å². The molecule has 2 aliphatic heterocycles. The number of aliphatic hydroxyl groups is 1. The van der Waals surface area contributed by atoms with Crippen LogP contribution in [0.25, 0.3) is 0 Å². The molecule has 6 fully saturated rings. The summed E-state index contributed by atoms with van der Waals surface area (Å²) < 4.78 is 25.1. The molecule has 6 rings (SSSR count). The Kier molecular flexibility index (Phi) is 5.15. The van der Waals surface area contributed by atoms with Crippen LogP contribution in [0.5, 0.6) is 0 Å². The lowest BCUT2D eigenvalue weighted by molar-refractivity contribution is -0.298. The fraction of sp³-hybridized carbons (Fsp3) is 1.00. The molecule has 0 bridgehead atoms. The zero-order valence-corrected chi connectivity index (χ0v) is 20.5. The number of rotatable bonds is 3. The molecule has 182 valence electrons. The maximum absolute atomic E-state index is 12.6. The number of hydrogen-bond acceptors (Lipinski definition) is 5. The van der Waals surface area contributed by atoms with Crippen LogP contribution in [0.2, 0.25) is 0 Å². The van der Waals surface area contributed by atoms with Crippen LogP contribution in [0.4, 0.5) is 0 Å². The second-order valence-corrected chi connectivity index (χ2v) is 12.6. The molecule has 0 radical (unpaired) electrons. The Balaban J connectivity index is 1.38. The van der Waals surface area contributed by atoms with Crippen molar-refractivity contribution in [2.45, 2.75) is 109 Å². The predicted molar refractivity (Wildman–Crippen MR) is 121 cm³/mol. The molecule has 7 atom stereocenters. The van der Waals surface area contributed by atoms with Crippen LogP contribution >= 0.6 is 0 Å². The van der Waals surface area contributed by atoms with Crippen molar-refractivity contribution in [3.05, 3.63) is 0 Å². The fourth-order valence-electron chi connectivity index (χ4n) is 10.1. The van der Waals surface area contributed by atoms with E-state index in [0.717, 1.165) is 64.6 Å². The van der Waals surface area contributed by atoms with Crippen molar-refractivity contribution in [2.24, 2.45) is 34.5 Å². The second kappa shape index (κ2) is 7.40. The molecule has 2 spiro atoms. The Morgan fingerprint density at radius 2 is 1.59 bits per heavy atom. The van der Waals surface area contributed by atoms with Crippen LogP contribution in [-0.4, -0.2) is 48.7 Å². The van der Waals surface area contributed by atoms with E-state index >= 15 is 0 Å². The monoisotopic (exact) mass is 448 g/mol. The van der Waals surface area contributed by atoms with Crippen LogP contribution in [0.1, 0.15) is 91.4 Å². The molecular formula is C27H44O5. The highest BCUT2D eigenvalue weighted by Crippen LogP contribution is 2.72. The van der Waals surface area contributed by atoms with Gasteiger partial charge in [0, 0.05) is 24.7 Å². The molecular weight excluding hydrogens is 404 g/mol. The minimum Gasteiger partial charge on any atom is -0.390 e. The van der Waals surface area contributed by atoms with Gasteiger partial charge in [0.1, 0.15) is 0 Å². The summed E-state index contributed by atoms with van der Waals surface area (Å²) in [6.45, 7) is 10.0. The Hall–Kier alpha value is -0.200. The first-order chi connectivity index (χ1) is 15.3. The van der Waals surface area contributed by atoms with Crippen LogP contribution in [-0.2, 0) is 18.9 Å². The number of ether oxygens (including phenoxy) is 4. The summed E-state index contributed by atoms with van der Waals surface area (Å²) in [5, 5.41) is 12.6. The lowest BCUT2D eigenvalue weighted by Gasteiger charge is -2.67. The van der Waals surface area contributed by atoms with Crippen molar-refractivity contribution in [3.63, 3.8) is 0 Å². The average Bonchev–Trinajstić information content (AvgIpc) is 3.49. The first kappa shape index (κ1) is 22.3. The van der Waals surface area contributed by atoms with E-state index in [0.29, 0.717) is 36.9 Å². The molecule has 5 unspecified atom stereocenters. The van der Waals surface area contributed by atoms with E-state index < -0.39 is 11.4 Å². The minimum atomic E-state index is -0.645. The van der Waals surface area contributed by atoms with Crippen molar-refractivity contribution >= 4 is 0 Å². The van der Waals surface area contributed by atoms with Gasteiger partial charge in [0.25, 0.3) is 0 Å². The number of fused-ring (bicyclic) bond motifs is 6. The Morgan fingerprint density at radius 1 is 0.875 bits per heavy atom. The summed E-state index contributed by atoms with van der Waals surface area (Å²) in [5.41, 5.74) is -0.585. The van der Waals surface area contributed by atoms with Crippen LogP contribution in [0, 0.1) is 34.5 Å². The molecule has 6 aliphatic rings. The van der Waals surface area contributed by atoms with Gasteiger partial charge in [-0.25, -0.2) is 0 Å². The molecule has 4 saturated carbocycles. The lowest BCUT2D eigenvalue weighted by atomic mass is 9.40. The highest BCUT2D eigenvalue weighted by molar-refractivity contribution is 5.19. The quantitative estimate of drug-likeness (QED) is 0.655. The van der Waals surface area contributed by atoms with Gasteiger partial charge < -0.3 is 24.1 Å². The first-order valence-electron chi connectivity index (χ1n) is 13.6. The SMILES string of the molecule is CCCC[C@]1(O)CC2(C)C(CCC23OCCO3)C2CCC3CC4(CCC3(C)[C@H]21)OCCO4. The van der Waals surface area contributed by atoms with Gasteiger partial charge in [0.05, 0.1) is 32.0 Å². The van der Waals surface area contributed by atoms with Gasteiger partial charge in [0.2, 0.25) is 0 Å². The highest BCUT2D eigenvalue weighted by Gasteiger charge is 2.73. The molecule has 0 aromatic carbocycles. The van der Waals surface area contributed by atoms with Crippen molar-refractivity contribution in [1.29, 1.82) is 0 Å². The summed E-state index contributed by atoms with van der Waals surface area (Å²) >= 11 is 0. The normalized spacial score (nSPS) is 51.0. The standard InChI is InChI=1S/C27H44O5/c1-4-5-9-25(28)18-24(3)21(8-10-27(24)31-15-16-32-27)20-7-6-19-17-26(29-13-14-30-26)12-11-23(19,2)22(20)25/h19-22,28H,4-18H2,1-3H3/t19?,20?,21?,22-,23?,24?,25-/m0/s1. The Morgan fingerprint density at radius 3 is 2.31 bits per heavy atom. The van der Waals surface area contributed by atoms with Crippen molar-refractivity contribution in [2.75, 3.05) is 26.4 Å². The van der Waals surface area contributed by atoms with Gasteiger partial charge >= 0.3 is 0 Å². The largest absolute Gasteiger partial charge is 0.390 e. The number of unbranched alkanes of at least 4 members (excludes halogenated alkanes) is 1. The molecule has 0 amide bonds. The molecule has 0 aromatic heterocycles. The van der Waals surface area contributed by atoms with Crippen molar-refractivity contribution in [1.82, 2.24) is 0 Å². The third-order valence-corrected chi connectivity index (χ3v) is 11.3. The third kappa shape index (κ3) is 2.87. The fourth-order valence-corrected chi connectivity index (χ4v) is 10.1. The molecule has 5 heteroatoms. The summed E-state index contributed by atoms with van der Waals surface area (Å²) in [5.74, 6) is 1.26. The summed E-state index contributed by atoms with van der Waals surface area (Å²) in [7, 11) is 0. The highest BCUT2D eigenvalue weighted by atomic mass is 16.7. The smallest absolute Gasteiger partial charge is 0.174 e. The zero-order chi connectivity index (χ0) is 22.2. The zero-order valence-electron chi connectivity index (χ0n) is 20.5. The minimum absolute atomic E-state index is 0.0933. The summed E-state index contributed by atoms with van der Waals surface area (Å²) in [6.07, 6.45) is 11.7.